The van der Waals surface area contributed by atoms with Crippen LogP contribution in [0.5, 0.6) is 5.75 Å². The highest BCUT2D eigenvalue weighted by atomic mass is 16.5. The number of furan rings is 1. The molecule has 0 saturated heterocycles. The highest BCUT2D eigenvalue weighted by molar-refractivity contribution is 6.09. The molecule has 0 unspecified atom stereocenters. The molecule has 0 saturated carbocycles. The minimum atomic E-state index is 0.0400. The second kappa shape index (κ2) is 5.45. The van der Waals surface area contributed by atoms with Crippen LogP contribution >= 0.6 is 0 Å². The molecule has 1 aromatic carbocycles. The molecule has 1 N–H and O–H groups in total. The Morgan fingerprint density at radius 3 is 2.79 bits per heavy atom. The van der Waals surface area contributed by atoms with Crippen molar-refractivity contribution in [1.82, 2.24) is 5.32 Å². The number of hydrogen-bond donors (Lipinski definition) is 1. The van der Waals surface area contributed by atoms with Gasteiger partial charge in [0, 0.05) is 11.4 Å². The van der Waals surface area contributed by atoms with Gasteiger partial charge in [-0.2, -0.15) is 0 Å². The highest BCUT2D eigenvalue weighted by Gasteiger charge is 2.18. The lowest BCUT2D eigenvalue weighted by Crippen LogP contribution is -2.29. The van der Waals surface area contributed by atoms with Crippen LogP contribution in [0.4, 0.5) is 0 Å². The molecule has 0 aliphatic carbocycles. The smallest absolute Gasteiger partial charge is 0.180 e. The van der Waals surface area contributed by atoms with Crippen LogP contribution in [0.25, 0.3) is 11.0 Å². The summed E-state index contributed by atoms with van der Waals surface area (Å²) in [6.07, 6.45) is 0. The third-order valence-corrected chi connectivity index (χ3v) is 3.02. The maximum absolute atomic E-state index is 12.3. The Labute approximate surface area is 112 Å². The number of aryl methyl sites for hydroxylation is 1. The van der Waals surface area contributed by atoms with E-state index in [0.717, 1.165) is 11.1 Å². The van der Waals surface area contributed by atoms with Crippen molar-refractivity contribution in [3.63, 3.8) is 0 Å². The van der Waals surface area contributed by atoms with E-state index in [1.54, 1.807) is 7.11 Å². The number of fused-ring (bicyclic) bond motifs is 1. The van der Waals surface area contributed by atoms with Gasteiger partial charge in [0.1, 0.15) is 17.1 Å². The summed E-state index contributed by atoms with van der Waals surface area (Å²) in [7, 11) is 1.61. The fraction of sp³-hybridized carbons (Fsp3) is 0.400. The van der Waals surface area contributed by atoms with Crippen molar-refractivity contribution in [2.24, 2.45) is 0 Å². The standard InChI is InChI=1S/C15H19NO3/c1-9(2)16-8-13(17)15-10(3)19-14-6-5-11(18-4)7-12(14)15/h5-7,9,16H,8H2,1-4H3. The lowest BCUT2D eigenvalue weighted by atomic mass is 10.1. The summed E-state index contributed by atoms with van der Waals surface area (Å²) in [5, 5.41) is 3.94. The molecular weight excluding hydrogens is 242 g/mol. The lowest BCUT2D eigenvalue weighted by Gasteiger charge is -2.07. The Balaban J connectivity index is 2.40. The van der Waals surface area contributed by atoms with Crippen LogP contribution in [0.3, 0.4) is 0 Å². The molecule has 1 aromatic heterocycles. The number of hydrogen-bond acceptors (Lipinski definition) is 4. The van der Waals surface area contributed by atoms with E-state index in [1.807, 2.05) is 39.0 Å². The third-order valence-electron chi connectivity index (χ3n) is 3.02. The maximum Gasteiger partial charge on any atom is 0.180 e. The molecule has 0 aliphatic rings. The van der Waals surface area contributed by atoms with Crippen LogP contribution in [0.1, 0.15) is 30.0 Å². The molecule has 0 atom stereocenters. The molecule has 2 rings (SSSR count). The first kappa shape index (κ1) is 13.6. The summed E-state index contributed by atoms with van der Waals surface area (Å²) in [5.74, 6) is 1.41. The SMILES string of the molecule is COc1ccc2oc(C)c(C(=O)CNC(C)C)c2c1. The number of nitrogens with one attached hydrogen (secondary N) is 1. The molecule has 19 heavy (non-hydrogen) atoms. The van der Waals surface area contributed by atoms with E-state index in [9.17, 15) is 4.79 Å². The average molecular weight is 261 g/mol. The number of ketones is 1. The van der Waals surface area contributed by atoms with E-state index in [4.69, 9.17) is 9.15 Å². The van der Waals surface area contributed by atoms with Crippen molar-refractivity contribution in [1.29, 1.82) is 0 Å². The molecule has 0 radical (unpaired) electrons. The fourth-order valence-electron chi connectivity index (χ4n) is 2.06. The van der Waals surface area contributed by atoms with E-state index in [1.165, 1.54) is 0 Å². The Morgan fingerprint density at radius 1 is 1.42 bits per heavy atom. The molecule has 0 bridgehead atoms. The minimum absolute atomic E-state index is 0.0400. The third kappa shape index (κ3) is 2.79. The molecular formula is C15H19NO3. The van der Waals surface area contributed by atoms with Gasteiger partial charge in [-0.3, -0.25) is 4.79 Å². The zero-order valence-electron chi connectivity index (χ0n) is 11.7. The van der Waals surface area contributed by atoms with Crippen molar-refractivity contribution in [3.05, 3.63) is 29.5 Å². The average Bonchev–Trinajstić information content (AvgIpc) is 2.70. The van der Waals surface area contributed by atoms with Gasteiger partial charge in [-0.05, 0) is 25.1 Å². The van der Waals surface area contributed by atoms with Crippen molar-refractivity contribution >= 4 is 16.8 Å². The summed E-state index contributed by atoms with van der Waals surface area (Å²) in [5.41, 5.74) is 1.35. The first-order valence-electron chi connectivity index (χ1n) is 6.36. The second-order valence-electron chi connectivity index (χ2n) is 4.85. The number of Topliss-reactive ketones (excluding diaryl/α,β-unsaturated/α-hetero) is 1. The highest BCUT2D eigenvalue weighted by Crippen LogP contribution is 2.29. The Bertz CT molecular complexity index is 599. The molecule has 0 spiro atoms. The maximum atomic E-state index is 12.3. The van der Waals surface area contributed by atoms with E-state index < -0.39 is 0 Å². The van der Waals surface area contributed by atoms with Crippen LogP contribution in [0.2, 0.25) is 0 Å². The van der Waals surface area contributed by atoms with Crippen molar-refractivity contribution in [2.75, 3.05) is 13.7 Å². The van der Waals surface area contributed by atoms with Gasteiger partial charge in [-0.1, -0.05) is 13.8 Å². The van der Waals surface area contributed by atoms with Gasteiger partial charge >= 0.3 is 0 Å². The van der Waals surface area contributed by atoms with E-state index >= 15 is 0 Å². The zero-order chi connectivity index (χ0) is 14.0. The van der Waals surface area contributed by atoms with Crippen LogP contribution in [0.15, 0.2) is 22.6 Å². The largest absolute Gasteiger partial charge is 0.497 e. The van der Waals surface area contributed by atoms with Gasteiger partial charge in [0.15, 0.2) is 5.78 Å². The van der Waals surface area contributed by atoms with Crippen LogP contribution in [-0.4, -0.2) is 25.5 Å². The molecule has 4 nitrogen and oxygen atoms in total. The summed E-state index contributed by atoms with van der Waals surface area (Å²) >= 11 is 0. The molecule has 4 heteroatoms. The van der Waals surface area contributed by atoms with E-state index in [0.29, 0.717) is 23.5 Å². The second-order valence-corrected chi connectivity index (χ2v) is 4.85. The molecule has 102 valence electrons. The van der Waals surface area contributed by atoms with E-state index in [-0.39, 0.29) is 11.8 Å². The first-order chi connectivity index (χ1) is 9.02. The van der Waals surface area contributed by atoms with Crippen molar-refractivity contribution < 1.29 is 13.9 Å². The van der Waals surface area contributed by atoms with Crippen LogP contribution in [0, 0.1) is 6.92 Å². The van der Waals surface area contributed by atoms with Crippen LogP contribution in [-0.2, 0) is 0 Å². The summed E-state index contributed by atoms with van der Waals surface area (Å²) in [6.45, 7) is 6.15. The minimum Gasteiger partial charge on any atom is -0.497 e. The van der Waals surface area contributed by atoms with Gasteiger partial charge < -0.3 is 14.5 Å². The van der Waals surface area contributed by atoms with Gasteiger partial charge in [0.05, 0.1) is 19.2 Å². The predicted octanol–water partition coefficient (Wildman–Crippen LogP) is 2.93. The number of benzene rings is 1. The quantitative estimate of drug-likeness (QED) is 0.841. The predicted molar refractivity (Wildman–Crippen MR) is 75.0 cm³/mol. The lowest BCUT2D eigenvalue weighted by molar-refractivity contribution is 0.0988. The zero-order valence-corrected chi connectivity index (χ0v) is 11.7. The normalized spacial score (nSPS) is 11.2. The van der Waals surface area contributed by atoms with E-state index in [2.05, 4.69) is 5.32 Å². The number of carbonyl (C=O) groups excluding carboxylic acids is 1. The Hall–Kier alpha value is -1.81. The van der Waals surface area contributed by atoms with Crippen molar-refractivity contribution in [3.8, 4) is 5.75 Å². The first-order valence-corrected chi connectivity index (χ1v) is 6.36. The topological polar surface area (TPSA) is 51.5 Å². The fourth-order valence-corrected chi connectivity index (χ4v) is 2.06. The van der Waals surface area contributed by atoms with Gasteiger partial charge in [0.25, 0.3) is 0 Å². The van der Waals surface area contributed by atoms with Crippen LogP contribution < -0.4 is 10.1 Å². The summed E-state index contributed by atoms with van der Waals surface area (Å²) in [6, 6.07) is 5.77. The summed E-state index contributed by atoms with van der Waals surface area (Å²) in [4.78, 5) is 12.3. The molecule has 0 fully saturated rings. The molecule has 2 aromatic rings. The number of carbonyl (C=O) groups is 1. The Kier molecular flexibility index (Phi) is 3.90. The van der Waals surface area contributed by atoms with Crippen molar-refractivity contribution in [2.45, 2.75) is 26.8 Å². The number of rotatable bonds is 5. The molecule has 1 heterocycles. The summed E-state index contributed by atoms with van der Waals surface area (Å²) < 4.78 is 10.8. The number of methoxy groups -OCH3 is 1. The molecule has 0 aliphatic heterocycles. The Morgan fingerprint density at radius 2 is 2.16 bits per heavy atom. The van der Waals surface area contributed by atoms with Gasteiger partial charge in [-0.15, -0.1) is 0 Å². The van der Waals surface area contributed by atoms with Gasteiger partial charge in [0.2, 0.25) is 0 Å². The monoisotopic (exact) mass is 261 g/mol. The van der Waals surface area contributed by atoms with Gasteiger partial charge in [-0.25, -0.2) is 0 Å². The number of ether oxygens (including phenoxy) is 1. The molecule has 0 amide bonds.